The molecule has 2 amide bonds. The van der Waals surface area contributed by atoms with Gasteiger partial charge in [0.25, 0.3) is 11.8 Å². The fraction of sp³-hybridized carbons (Fsp3) is 0.276. The van der Waals surface area contributed by atoms with Gasteiger partial charge in [-0.25, -0.2) is 8.78 Å². The highest BCUT2D eigenvalue weighted by molar-refractivity contribution is 6.11. The maximum atomic E-state index is 14.8. The minimum Gasteiger partial charge on any atom is -0.437 e. The fourth-order valence-corrected chi connectivity index (χ4v) is 5.52. The van der Waals surface area contributed by atoms with Crippen molar-refractivity contribution in [2.24, 2.45) is 5.92 Å². The second-order valence-electron chi connectivity index (χ2n) is 10.5. The van der Waals surface area contributed by atoms with Gasteiger partial charge in [-0.05, 0) is 73.2 Å². The van der Waals surface area contributed by atoms with Crippen molar-refractivity contribution in [1.29, 1.82) is 0 Å². The predicted octanol–water partition coefficient (Wildman–Crippen LogP) is 6.06. The Balaban J connectivity index is 1.50. The van der Waals surface area contributed by atoms with Crippen molar-refractivity contribution in [2.45, 2.75) is 31.0 Å². The lowest BCUT2D eigenvalue weighted by molar-refractivity contribution is -0.115. The standard InChI is InChI=1S/C29H23F5N4O3/c1-35-26(40)22-20-9-18(16-4-7-21(31)19(8-16)25(39)38-28-10-14(11-28)12-28)24(36-13-29(32,33)34)37-27(20)41-23(22)15-2-5-17(30)6-3-15/h2-9,14H,10-13H2,1H3,(H,35,40)(H,36,37)(H,38,39). The molecule has 2 aromatic heterocycles. The second kappa shape index (κ2) is 9.57. The monoisotopic (exact) mass is 570 g/mol. The smallest absolute Gasteiger partial charge is 0.405 e. The van der Waals surface area contributed by atoms with Crippen LogP contribution in [0.25, 0.3) is 33.6 Å². The van der Waals surface area contributed by atoms with Crippen molar-refractivity contribution in [3.63, 3.8) is 0 Å². The summed E-state index contributed by atoms with van der Waals surface area (Å²) in [5, 5.41) is 7.79. The molecule has 0 atom stereocenters. The van der Waals surface area contributed by atoms with Gasteiger partial charge in [0.05, 0.1) is 16.5 Å². The number of carbonyl (C=O) groups is 2. The van der Waals surface area contributed by atoms with E-state index in [0.29, 0.717) is 11.5 Å². The molecule has 0 aliphatic heterocycles. The molecule has 3 fully saturated rings. The second-order valence-corrected chi connectivity index (χ2v) is 10.5. The number of pyridine rings is 1. The third-order valence-electron chi connectivity index (χ3n) is 7.64. The van der Waals surface area contributed by atoms with Gasteiger partial charge >= 0.3 is 6.18 Å². The molecular weight excluding hydrogens is 547 g/mol. The first-order chi connectivity index (χ1) is 19.4. The third kappa shape index (κ3) is 4.87. The number of benzene rings is 2. The van der Waals surface area contributed by atoms with Crippen molar-refractivity contribution < 1.29 is 36.0 Å². The Kier molecular flexibility index (Phi) is 6.24. The molecule has 3 aliphatic carbocycles. The maximum absolute atomic E-state index is 14.8. The highest BCUT2D eigenvalue weighted by Crippen LogP contribution is 2.57. The quantitative estimate of drug-likeness (QED) is 0.235. The molecule has 0 unspecified atom stereocenters. The molecule has 3 N–H and O–H groups in total. The van der Waals surface area contributed by atoms with E-state index in [-0.39, 0.29) is 50.5 Å². The molecule has 2 bridgehead atoms. The molecule has 3 aliphatic rings. The van der Waals surface area contributed by atoms with Crippen LogP contribution in [0.15, 0.2) is 52.9 Å². The van der Waals surface area contributed by atoms with Crippen LogP contribution in [-0.4, -0.2) is 42.1 Å². The van der Waals surface area contributed by atoms with Crippen LogP contribution in [0.3, 0.4) is 0 Å². The van der Waals surface area contributed by atoms with Crippen molar-refractivity contribution in [1.82, 2.24) is 15.6 Å². The van der Waals surface area contributed by atoms with Gasteiger partial charge in [0, 0.05) is 23.7 Å². The number of hydrogen-bond donors (Lipinski definition) is 3. The number of halogens is 5. The lowest BCUT2D eigenvalue weighted by Gasteiger charge is -2.61. The number of amides is 2. The first kappa shape index (κ1) is 26.7. The van der Waals surface area contributed by atoms with Crippen LogP contribution in [-0.2, 0) is 0 Å². The summed E-state index contributed by atoms with van der Waals surface area (Å²) in [5.41, 5.74) is -0.101. The van der Waals surface area contributed by atoms with Crippen LogP contribution in [0, 0.1) is 17.6 Å². The van der Waals surface area contributed by atoms with Crippen molar-refractivity contribution in [2.75, 3.05) is 18.9 Å². The van der Waals surface area contributed by atoms with E-state index in [9.17, 15) is 31.5 Å². The zero-order valence-corrected chi connectivity index (χ0v) is 21.6. The van der Waals surface area contributed by atoms with Crippen molar-refractivity contribution in [3.8, 4) is 22.5 Å². The number of nitrogens with one attached hydrogen (secondary N) is 3. The molecule has 2 aromatic carbocycles. The van der Waals surface area contributed by atoms with E-state index in [1.54, 1.807) is 0 Å². The number of alkyl halides is 3. The molecule has 7 nitrogen and oxygen atoms in total. The minimum atomic E-state index is -4.60. The average Bonchev–Trinajstić information content (AvgIpc) is 3.26. The maximum Gasteiger partial charge on any atom is 0.405 e. The number of nitrogens with zero attached hydrogens (tertiary/aromatic N) is 1. The summed E-state index contributed by atoms with van der Waals surface area (Å²) < 4.78 is 73.8. The van der Waals surface area contributed by atoms with Gasteiger partial charge in [-0.2, -0.15) is 18.2 Å². The molecule has 7 rings (SSSR count). The van der Waals surface area contributed by atoms with Gasteiger partial charge in [0.2, 0.25) is 5.71 Å². The SMILES string of the molecule is CNC(=O)c1c(-c2ccc(F)cc2)oc2nc(NCC(F)(F)F)c(-c3ccc(F)c(C(=O)NC45CC(C4)C5)c3)cc12. The fourth-order valence-electron chi connectivity index (χ4n) is 5.52. The number of anilines is 1. The zero-order chi connectivity index (χ0) is 29.1. The van der Waals surface area contributed by atoms with E-state index >= 15 is 0 Å². The van der Waals surface area contributed by atoms with Gasteiger partial charge in [-0.3, -0.25) is 9.59 Å². The summed E-state index contributed by atoms with van der Waals surface area (Å²) in [6, 6.07) is 10.1. The molecule has 3 saturated carbocycles. The van der Waals surface area contributed by atoms with Crippen LogP contribution >= 0.6 is 0 Å². The molecule has 0 spiro atoms. The Morgan fingerprint density at radius 1 is 1.00 bits per heavy atom. The van der Waals surface area contributed by atoms with Crippen LogP contribution in [0.5, 0.6) is 0 Å². The Morgan fingerprint density at radius 3 is 2.29 bits per heavy atom. The number of rotatable bonds is 7. The molecule has 4 aromatic rings. The van der Waals surface area contributed by atoms with Crippen molar-refractivity contribution in [3.05, 3.63) is 71.3 Å². The normalized spacial score (nSPS) is 19.3. The molecular formula is C29H23F5N4O3. The van der Waals surface area contributed by atoms with E-state index in [4.69, 9.17) is 4.42 Å². The van der Waals surface area contributed by atoms with E-state index in [2.05, 4.69) is 20.9 Å². The van der Waals surface area contributed by atoms with E-state index in [1.807, 2.05) is 0 Å². The first-order valence-corrected chi connectivity index (χ1v) is 12.8. The molecule has 0 saturated heterocycles. The Labute approximate surface area is 230 Å². The van der Waals surface area contributed by atoms with E-state index in [1.165, 1.54) is 49.5 Å². The van der Waals surface area contributed by atoms with E-state index in [0.717, 1.165) is 25.3 Å². The van der Waals surface area contributed by atoms with Gasteiger partial charge in [-0.15, -0.1) is 0 Å². The van der Waals surface area contributed by atoms with Gasteiger partial charge in [-0.1, -0.05) is 6.07 Å². The van der Waals surface area contributed by atoms with Crippen LogP contribution < -0.4 is 16.0 Å². The summed E-state index contributed by atoms with van der Waals surface area (Å²) >= 11 is 0. The summed E-state index contributed by atoms with van der Waals surface area (Å²) in [7, 11) is 1.39. The molecule has 12 heteroatoms. The summed E-state index contributed by atoms with van der Waals surface area (Å²) in [6.07, 6.45) is -2.08. The number of furan rings is 1. The van der Waals surface area contributed by atoms with Crippen LogP contribution in [0.2, 0.25) is 0 Å². The number of fused-ring (bicyclic) bond motifs is 1. The number of hydrogen-bond acceptors (Lipinski definition) is 5. The van der Waals surface area contributed by atoms with Crippen LogP contribution in [0.4, 0.5) is 27.8 Å². The third-order valence-corrected chi connectivity index (χ3v) is 7.64. The highest BCUT2D eigenvalue weighted by Gasteiger charge is 2.57. The Hall–Kier alpha value is -4.48. The largest absolute Gasteiger partial charge is 0.437 e. The predicted molar refractivity (Wildman–Crippen MR) is 140 cm³/mol. The number of aromatic nitrogens is 1. The first-order valence-electron chi connectivity index (χ1n) is 12.8. The van der Waals surface area contributed by atoms with Gasteiger partial charge in [0.15, 0.2) is 0 Å². The highest BCUT2D eigenvalue weighted by atomic mass is 19.4. The Bertz CT molecular complexity index is 1680. The zero-order valence-electron chi connectivity index (χ0n) is 21.6. The van der Waals surface area contributed by atoms with Gasteiger partial charge in [0.1, 0.15) is 29.8 Å². The lowest BCUT2D eigenvalue weighted by Crippen LogP contribution is -2.68. The lowest BCUT2D eigenvalue weighted by atomic mass is 9.50. The number of carbonyl (C=O) groups excluding carboxylic acids is 2. The summed E-state index contributed by atoms with van der Waals surface area (Å²) in [5.74, 6) is -2.14. The summed E-state index contributed by atoms with van der Waals surface area (Å²) in [6.45, 7) is -1.44. The van der Waals surface area contributed by atoms with E-state index < -0.39 is 36.2 Å². The van der Waals surface area contributed by atoms with Crippen LogP contribution in [0.1, 0.15) is 40.0 Å². The molecule has 41 heavy (non-hydrogen) atoms. The topological polar surface area (TPSA) is 96.3 Å². The average molecular weight is 571 g/mol. The summed E-state index contributed by atoms with van der Waals surface area (Å²) in [4.78, 5) is 30.2. The van der Waals surface area contributed by atoms with Crippen molar-refractivity contribution >= 4 is 28.7 Å². The minimum absolute atomic E-state index is 0.0222. The van der Waals surface area contributed by atoms with Gasteiger partial charge < -0.3 is 20.4 Å². The molecule has 2 heterocycles. The molecule has 212 valence electrons. The Morgan fingerprint density at radius 2 is 1.68 bits per heavy atom. The molecule has 0 radical (unpaired) electrons.